The minimum Gasteiger partial charge on any atom is -0.490 e. The number of hydrogen-bond acceptors (Lipinski definition) is 6. The van der Waals surface area contributed by atoms with Crippen molar-refractivity contribution in [1.82, 2.24) is 5.43 Å². The van der Waals surface area contributed by atoms with Gasteiger partial charge in [-0.3, -0.25) is 19.7 Å². The Labute approximate surface area is 171 Å². The van der Waals surface area contributed by atoms with Crippen LogP contribution in [0.4, 0.5) is 24.5 Å². The Morgan fingerprint density at radius 1 is 1.20 bits per heavy atom. The fourth-order valence-corrected chi connectivity index (χ4v) is 2.38. The average Bonchev–Trinajstić information content (AvgIpc) is 2.68. The first-order valence-corrected chi connectivity index (χ1v) is 8.24. The molecule has 2 N–H and O–H groups in total. The highest BCUT2D eigenvalue weighted by molar-refractivity contribution is 6.39. The van der Waals surface area contributed by atoms with Gasteiger partial charge in [0.15, 0.2) is 5.75 Å². The summed E-state index contributed by atoms with van der Waals surface area (Å²) in [5.74, 6) is -2.55. The Hall–Kier alpha value is -3.67. The molecule has 13 heteroatoms. The summed E-state index contributed by atoms with van der Waals surface area (Å²) in [6.45, 7) is 0. The maximum Gasteiger partial charge on any atom is 0.417 e. The molecular formula is C17H12ClF3N4O5. The topological polar surface area (TPSA) is 123 Å². The third-order valence-electron chi connectivity index (χ3n) is 3.52. The van der Waals surface area contributed by atoms with Crippen molar-refractivity contribution in [3.63, 3.8) is 0 Å². The van der Waals surface area contributed by atoms with E-state index in [0.717, 1.165) is 24.4 Å². The van der Waals surface area contributed by atoms with Crippen molar-refractivity contribution in [1.29, 1.82) is 0 Å². The lowest BCUT2D eigenvalue weighted by atomic mass is 10.2. The first-order chi connectivity index (χ1) is 14.0. The fourth-order valence-electron chi connectivity index (χ4n) is 2.15. The highest BCUT2D eigenvalue weighted by Crippen LogP contribution is 2.36. The number of rotatable bonds is 5. The van der Waals surface area contributed by atoms with Crippen molar-refractivity contribution in [3.8, 4) is 5.75 Å². The van der Waals surface area contributed by atoms with Gasteiger partial charge in [-0.25, -0.2) is 5.43 Å². The lowest BCUT2D eigenvalue weighted by molar-refractivity contribution is -0.385. The lowest BCUT2D eigenvalue weighted by Gasteiger charge is -2.11. The van der Waals surface area contributed by atoms with E-state index in [9.17, 15) is 32.9 Å². The van der Waals surface area contributed by atoms with Crippen molar-refractivity contribution >= 4 is 41.0 Å². The van der Waals surface area contributed by atoms with Gasteiger partial charge in [0, 0.05) is 17.3 Å². The number of halogens is 4. The van der Waals surface area contributed by atoms with E-state index < -0.39 is 33.5 Å². The molecule has 0 spiro atoms. The van der Waals surface area contributed by atoms with Crippen LogP contribution < -0.4 is 15.5 Å². The molecule has 0 saturated carbocycles. The van der Waals surface area contributed by atoms with Crippen LogP contribution in [-0.2, 0) is 15.8 Å². The molecule has 0 unspecified atom stereocenters. The fraction of sp³-hybridized carbons (Fsp3) is 0.118. The normalized spacial score (nSPS) is 11.2. The van der Waals surface area contributed by atoms with Crippen LogP contribution >= 0.6 is 11.6 Å². The molecule has 0 aromatic heterocycles. The van der Waals surface area contributed by atoms with Gasteiger partial charge in [-0.2, -0.15) is 18.3 Å². The van der Waals surface area contributed by atoms with Crippen LogP contribution in [0.2, 0.25) is 5.02 Å². The molecule has 0 aliphatic rings. The number of nitrogens with zero attached hydrogens (tertiary/aromatic N) is 2. The third-order valence-corrected chi connectivity index (χ3v) is 3.84. The summed E-state index contributed by atoms with van der Waals surface area (Å²) in [5.41, 5.74) is 0.250. The number of nitrogens with one attached hydrogen (secondary N) is 2. The number of carbonyl (C=O) groups is 2. The van der Waals surface area contributed by atoms with E-state index in [-0.39, 0.29) is 22.7 Å². The number of carbonyl (C=O) groups excluding carboxylic acids is 2. The quantitative estimate of drug-likeness (QED) is 0.317. The predicted molar refractivity (Wildman–Crippen MR) is 100 cm³/mol. The van der Waals surface area contributed by atoms with E-state index in [1.807, 2.05) is 10.7 Å². The summed E-state index contributed by atoms with van der Waals surface area (Å²) in [4.78, 5) is 33.8. The third kappa shape index (κ3) is 5.67. The summed E-state index contributed by atoms with van der Waals surface area (Å²) >= 11 is 5.48. The number of benzene rings is 2. The summed E-state index contributed by atoms with van der Waals surface area (Å²) in [6.07, 6.45) is -3.72. The molecule has 0 heterocycles. The molecule has 30 heavy (non-hydrogen) atoms. The van der Waals surface area contributed by atoms with Gasteiger partial charge in [-0.05, 0) is 30.3 Å². The maximum absolute atomic E-state index is 12.8. The summed E-state index contributed by atoms with van der Waals surface area (Å²) in [7, 11) is 1.26. The monoisotopic (exact) mass is 444 g/mol. The molecule has 2 aromatic rings. The van der Waals surface area contributed by atoms with Crippen molar-refractivity contribution in [2.24, 2.45) is 5.10 Å². The van der Waals surface area contributed by atoms with Gasteiger partial charge in [-0.1, -0.05) is 11.6 Å². The number of nitro groups is 1. The number of alkyl halides is 3. The van der Waals surface area contributed by atoms with Gasteiger partial charge in [0.25, 0.3) is 0 Å². The standard InChI is InChI=1S/C17H12ClF3N4O5/c1-30-14-5-2-9(6-13(14)25(28)29)8-22-24-16(27)15(26)23-10-3-4-12(18)11(7-10)17(19,20)21/h2-8H,1H3,(H,23,26)(H,24,27)/b22-8-. The van der Waals surface area contributed by atoms with Crippen molar-refractivity contribution < 1.29 is 32.4 Å². The molecule has 0 saturated heterocycles. The Balaban J connectivity index is 2.04. The van der Waals surface area contributed by atoms with E-state index in [1.165, 1.54) is 19.2 Å². The number of anilines is 1. The highest BCUT2D eigenvalue weighted by atomic mass is 35.5. The molecule has 0 aliphatic carbocycles. The zero-order chi connectivity index (χ0) is 22.5. The highest BCUT2D eigenvalue weighted by Gasteiger charge is 2.33. The van der Waals surface area contributed by atoms with Gasteiger partial charge in [-0.15, -0.1) is 0 Å². The second-order valence-electron chi connectivity index (χ2n) is 5.53. The largest absolute Gasteiger partial charge is 0.490 e. The van der Waals surface area contributed by atoms with Crippen LogP contribution in [-0.4, -0.2) is 30.1 Å². The van der Waals surface area contributed by atoms with Crippen LogP contribution in [0.1, 0.15) is 11.1 Å². The molecule has 0 aliphatic heterocycles. The van der Waals surface area contributed by atoms with Crippen LogP contribution in [0, 0.1) is 10.1 Å². The maximum atomic E-state index is 12.8. The van der Waals surface area contributed by atoms with E-state index in [0.29, 0.717) is 6.07 Å². The van der Waals surface area contributed by atoms with Crippen LogP contribution in [0.3, 0.4) is 0 Å². The molecule has 2 rings (SSSR count). The van der Waals surface area contributed by atoms with Crippen LogP contribution in [0.15, 0.2) is 41.5 Å². The first kappa shape index (κ1) is 22.6. The summed E-state index contributed by atoms with van der Waals surface area (Å²) in [6, 6.07) is 6.43. The van der Waals surface area contributed by atoms with Crippen LogP contribution in [0.25, 0.3) is 0 Å². The first-order valence-electron chi connectivity index (χ1n) is 7.86. The number of ether oxygens (including phenoxy) is 1. The minimum atomic E-state index is -4.74. The van der Waals surface area contributed by atoms with Crippen molar-refractivity contribution in [3.05, 3.63) is 62.7 Å². The molecule has 2 amide bonds. The van der Waals surface area contributed by atoms with Gasteiger partial charge in [0.1, 0.15) is 0 Å². The lowest BCUT2D eigenvalue weighted by Crippen LogP contribution is -2.32. The molecule has 2 aromatic carbocycles. The van der Waals surface area contributed by atoms with Crippen molar-refractivity contribution in [2.45, 2.75) is 6.18 Å². The van der Waals surface area contributed by atoms with E-state index in [1.54, 1.807) is 0 Å². The zero-order valence-corrected chi connectivity index (χ0v) is 15.7. The number of hydrazone groups is 1. The SMILES string of the molecule is COc1ccc(/C=N\NC(=O)C(=O)Nc2ccc(Cl)c(C(F)(F)F)c2)cc1[N+](=O)[O-]. The molecule has 9 nitrogen and oxygen atoms in total. The van der Waals surface area contributed by atoms with E-state index in [2.05, 4.69) is 5.10 Å². The molecular weight excluding hydrogens is 433 g/mol. The summed E-state index contributed by atoms with van der Waals surface area (Å²) in [5, 5.41) is 15.9. The van der Waals surface area contributed by atoms with E-state index >= 15 is 0 Å². The molecule has 0 fully saturated rings. The minimum absolute atomic E-state index is 0.0155. The van der Waals surface area contributed by atoms with E-state index in [4.69, 9.17) is 16.3 Å². The Kier molecular flexibility index (Phi) is 6.95. The smallest absolute Gasteiger partial charge is 0.417 e. The summed E-state index contributed by atoms with van der Waals surface area (Å²) < 4.78 is 43.3. The average molecular weight is 445 g/mol. The number of nitro benzene ring substituents is 1. The van der Waals surface area contributed by atoms with Gasteiger partial charge < -0.3 is 10.1 Å². The van der Waals surface area contributed by atoms with Crippen LogP contribution in [0.5, 0.6) is 5.75 Å². The molecule has 0 bridgehead atoms. The van der Waals surface area contributed by atoms with Crippen molar-refractivity contribution in [2.75, 3.05) is 12.4 Å². The number of hydrogen-bond donors (Lipinski definition) is 2. The van der Waals surface area contributed by atoms with Gasteiger partial charge >= 0.3 is 23.7 Å². The predicted octanol–water partition coefficient (Wildman–Crippen LogP) is 3.36. The number of amides is 2. The molecule has 0 radical (unpaired) electrons. The van der Waals surface area contributed by atoms with Gasteiger partial charge in [0.05, 0.1) is 28.8 Å². The molecule has 158 valence electrons. The zero-order valence-electron chi connectivity index (χ0n) is 15.0. The molecule has 0 atom stereocenters. The Morgan fingerprint density at radius 2 is 1.90 bits per heavy atom. The Morgan fingerprint density at radius 3 is 2.50 bits per heavy atom. The second-order valence-corrected chi connectivity index (χ2v) is 5.94. The number of methoxy groups -OCH3 is 1. The van der Waals surface area contributed by atoms with Gasteiger partial charge in [0.2, 0.25) is 0 Å². The Bertz CT molecular complexity index is 1030. The second kappa shape index (κ2) is 9.22.